The zero-order valence-corrected chi connectivity index (χ0v) is 31.3. The molecule has 0 saturated carbocycles. The minimum Gasteiger partial charge on any atom is -0.444 e. The van der Waals surface area contributed by atoms with Crippen molar-refractivity contribution < 1.29 is 28.6 Å². The minimum absolute atomic E-state index is 0.277. The summed E-state index contributed by atoms with van der Waals surface area (Å²) in [7, 11) is 0. The molecule has 1 aromatic rings. The number of nitrogens with zero attached hydrogens (tertiary/aromatic N) is 4. The fourth-order valence-electron chi connectivity index (χ4n) is 5.24. The monoisotopic (exact) mass is 658 g/mol. The lowest BCUT2D eigenvalue weighted by atomic mass is 9.96. The van der Waals surface area contributed by atoms with Crippen molar-refractivity contribution in [2.45, 2.75) is 119 Å². The van der Waals surface area contributed by atoms with Crippen LogP contribution in [0, 0.1) is 13.8 Å². The number of amides is 3. The number of carbonyl (C=O) groups is 3. The second-order valence-electron chi connectivity index (χ2n) is 15.5. The number of allylic oxidation sites excluding steroid dienone is 1. The molecule has 0 aliphatic carbocycles. The van der Waals surface area contributed by atoms with Crippen LogP contribution in [0.15, 0.2) is 18.2 Å². The second-order valence-corrected chi connectivity index (χ2v) is 15.5. The highest BCUT2D eigenvalue weighted by Gasteiger charge is 2.28. The molecule has 3 amide bonds. The molecule has 1 aliphatic heterocycles. The third-order valence-corrected chi connectivity index (χ3v) is 7.64. The van der Waals surface area contributed by atoms with Gasteiger partial charge in [-0.05, 0) is 118 Å². The number of aryl methyl sites for hydroxylation is 1. The van der Waals surface area contributed by atoms with Gasteiger partial charge in [0.1, 0.15) is 16.8 Å². The first kappa shape index (κ1) is 39.9. The number of ether oxygens (including phenoxy) is 3. The van der Waals surface area contributed by atoms with Gasteiger partial charge in [-0.1, -0.05) is 24.3 Å². The van der Waals surface area contributed by atoms with Gasteiger partial charge in [-0.3, -0.25) is 4.90 Å². The molecule has 266 valence electrons. The first-order valence-electron chi connectivity index (χ1n) is 17.1. The van der Waals surface area contributed by atoms with E-state index in [0.29, 0.717) is 65.2 Å². The Balaban J connectivity index is 2.44. The molecular formula is C37H62N4O6. The number of carbonyl (C=O) groups excluding carboxylic acids is 3. The molecule has 0 atom stereocenters. The van der Waals surface area contributed by atoms with Gasteiger partial charge in [-0.15, -0.1) is 0 Å². The summed E-state index contributed by atoms with van der Waals surface area (Å²) in [5, 5.41) is 0. The van der Waals surface area contributed by atoms with Gasteiger partial charge in [-0.2, -0.15) is 0 Å². The lowest BCUT2D eigenvalue weighted by Gasteiger charge is -2.34. The summed E-state index contributed by atoms with van der Waals surface area (Å²) >= 11 is 0. The van der Waals surface area contributed by atoms with Gasteiger partial charge in [0.15, 0.2) is 0 Å². The van der Waals surface area contributed by atoms with Gasteiger partial charge in [-0.25, -0.2) is 14.4 Å². The van der Waals surface area contributed by atoms with Crippen LogP contribution in [0.25, 0.3) is 6.08 Å². The zero-order valence-electron chi connectivity index (χ0n) is 31.3. The maximum Gasteiger partial charge on any atom is 0.410 e. The number of hydrogen-bond acceptors (Lipinski definition) is 7. The van der Waals surface area contributed by atoms with E-state index in [0.717, 1.165) is 0 Å². The van der Waals surface area contributed by atoms with E-state index in [1.165, 1.54) is 22.3 Å². The molecule has 1 aromatic carbocycles. The number of rotatable bonds is 3. The molecule has 47 heavy (non-hydrogen) atoms. The average Bonchev–Trinajstić information content (AvgIpc) is 2.91. The van der Waals surface area contributed by atoms with Crippen LogP contribution >= 0.6 is 0 Å². The summed E-state index contributed by atoms with van der Waals surface area (Å²) in [5.74, 6) is 0. The predicted octanol–water partition coefficient (Wildman–Crippen LogP) is 7.64. The Kier molecular flexibility index (Phi) is 14.6. The van der Waals surface area contributed by atoms with Crippen molar-refractivity contribution >= 4 is 24.4 Å². The molecule has 0 spiro atoms. The SMILES string of the molecule is CC=Cc1c(CN2CCCN(C(=O)OC(C)(C)C)CCN(C(=O)OC(C)(C)C)CCCN(C(=O)OC(C)(C)C)CC2)ccc(C)c1C. The molecule has 1 saturated heterocycles. The summed E-state index contributed by atoms with van der Waals surface area (Å²) in [5.41, 5.74) is 2.97. The number of benzene rings is 1. The van der Waals surface area contributed by atoms with Crippen molar-refractivity contribution in [2.75, 3.05) is 52.4 Å². The molecule has 0 radical (unpaired) electrons. The second kappa shape index (κ2) is 17.2. The molecule has 0 unspecified atom stereocenters. The highest BCUT2D eigenvalue weighted by molar-refractivity contribution is 5.70. The summed E-state index contributed by atoms with van der Waals surface area (Å²) in [6, 6.07) is 4.35. The first-order valence-corrected chi connectivity index (χ1v) is 17.1. The van der Waals surface area contributed by atoms with E-state index in [1.807, 2.05) is 69.2 Å². The Bertz CT molecular complexity index is 1220. The smallest absolute Gasteiger partial charge is 0.410 e. The third kappa shape index (κ3) is 14.6. The van der Waals surface area contributed by atoms with Crippen LogP contribution in [0.4, 0.5) is 14.4 Å². The fourth-order valence-corrected chi connectivity index (χ4v) is 5.24. The van der Waals surface area contributed by atoms with Gasteiger partial charge in [0.05, 0.1) is 0 Å². The van der Waals surface area contributed by atoms with E-state index in [1.54, 1.807) is 14.7 Å². The normalized spacial score (nSPS) is 17.0. The zero-order chi connectivity index (χ0) is 35.6. The van der Waals surface area contributed by atoms with Crippen molar-refractivity contribution in [3.63, 3.8) is 0 Å². The average molecular weight is 659 g/mol. The van der Waals surface area contributed by atoms with Crippen LogP contribution in [0.3, 0.4) is 0 Å². The van der Waals surface area contributed by atoms with Crippen LogP contribution in [-0.4, -0.2) is 107 Å². The van der Waals surface area contributed by atoms with Gasteiger partial charge < -0.3 is 28.9 Å². The Morgan fingerprint density at radius 1 is 0.638 bits per heavy atom. The Morgan fingerprint density at radius 3 is 1.45 bits per heavy atom. The van der Waals surface area contributed by atoms with Crippen molar-refractivity contribution in [1.29, 1.82) is 0 Å². The molecule has 0 bridgehead atoms. The highest BCUT2D eigenvalue weighted by atomic mass is 16.6. The molecule has 1 heterocycles. The molecule has 2 rings (SSSR count). The van der Waals surface area contributed by atoms with Crippen molar-refractivity contribution in [3.8, 4) is 0 Å². The van der Waals surface area contributed by atoms with Gasteiger partial charge in [0, 0.05) is 58.9 Å². The fraction of sp³-hybridized carbons (Fsp3) is 0.703. The van der Waals surface area contributed by atoms with Crippen LogP contribution < -0.4 is 0 Å². The highest BCUT2D eigenvalue weighted by Crippen LogP contribution is 2.22. The molecule has 0 aromatic heterocycles. The van der Waals surface area contributed by atoms with E-state index in [9.17, 15) is 14.4 Å². The molecule has 10 heteroatoms. The first-order chi connectivity index (χ1) is 21.7. The van der Waals surface area contributed by atoms with Crippen LogP contribution in [-0.2, 0) is 20.8 Å². The Hall–Kier alpha value is -3.27. The third-order valence-electron chi connectivity index (χ3n) is 7.64. The topological polar surface area (TPSA) is 91.9 Å². The van der Waals surface area contributed by atoms with Crippen molar-refractivity contribution in [3.05, 3.63) is 40.5 Å². The lowest BCUT2D eigenvalue weighted by Crippen LogP contribution is -2.47. The Morgan fingerprint density at radius 2 is 1.04 bits per heavy atom. The van der Waals surface area contributed by atoms with Gasteiger partial charge in [0.2, 0.25) is 0 Å². The van der Waals surface area contributed by atoms with E-state index in [2.05, 4.69) is 43.0 Å². The van der Waals surface area contributed by atoms with Crippen LogP contribution in [0.5, 0.6) is 0 Å². The molecule has 10 nitrogen and oxygen atoms in total. The van der Waals surface area contributed by atoms with E-state index in [-0.39, 0.29) is 12.6 Å². The molecule has 1 fully saturated rings. The minimum atomic E-state index is -0.671. The predicted molar refractivity (Wildman–Crippen MR) is 189 cm³/mol. The van der Waals surface area contributed by atoms with Crippen LogP contribution in [0.1, 0.15) is 104 Å². The summed E-state index contributed by atoms with van der Waals surface area (Å²) in [4.78, 5) is 47.4. The standard InChI is InChI=1S/C37H62N4O6/c1-13-16-31-29(3)28(2)17-18-30(31)27-38-19-14-20-40(33(43)46-36(7,8)9)25-26-41(34(44)47-37(10,11)12)22-15-21-39(24-23-38)32(42)45-35(4,5)6/h13,16-18H,14-15,19-27H2,1-12H3. The largest absolute Gasteiger partial charge is 0.444 e. The molecule has 1 aliphatic rings. The lowest BCUT2D eigenvalue weighted by molar-refractivity contribution is 0.0101. The van der Waals surface area contributed by atoms with E-state index < -0.39 is 29.0 Å². The summed E-state index contributed by atoms with van der Waals surface area (Å²) < 4.78 is 17.3. The van der Waals surface area contributed by atoms with Crippen molar-refractivity contribution in [1.82, 2.24) is 19.6 Å². The van der Waals surface area contributed by atoms with Crippen LogP contribution in [0.2, 0.25) is 0 Å². The molecular weight excluding hydrogens is 596 g/mol. The molecule has 0 N–H and O–H groups in total. The Labute approximate surface area is 284 Å². The number of hydrogen-bond donors (Lipinski definition) is 0. The van der Waals surface area contributed by atoms with Gasteiger partial charge in [0.25, 0.3) is 0 Å². The van der Waals surface area contributed by atoms with Crippen molar-refractivity contribution in [2.24, 2.45) is 0 Å². The van der Waals surface area contributed by atoms with Gasteiger partial charge >= 0.3 is 18.3 Å². The summed E-state index contributed by atoms with van der Waals surface area (Å²) in [6.45, 7) is 27.2. The van der Waals surface area contributed by atoms with E-state index in [4.69, 9.17) is 14.2 Å². The maximum absolute atomic E-state index is 13.4. The maximum atomic E-state index is 13.4. The summed E-state index contributed by atoms with van der Waals surface area (Å²) in [6.07, 6.45) is 4.21. The quantitative estimate of drug-likeness (QED) is 0.308. The van der Waals surface area contributed by atoms with E-state index >= 15 is 0 Å².